The molecule has 2 atom stereocenters. The van der Waals surface area contributed by atoms with Crippen molar-refractivity contribution in [1.82, 2.24) is 10.5 Å². The summed E-state index contributed by atoms with van der Waals surface area (Å²) in [7, 11) is 0. The number of aromatic nitrogens is 1. The summed E-state index contributed by atoms with van der Waals surface area (Å²) < 4.78 is 5.14. The smallest absolute Gasteiger partial charge is 0.319 e. The summed E-state index contributed by atoms with van der Waals surface area (Å²) in [5, 5.41) is 19.4. The van der Waals surface area contributed by atoms with Gasteiger partial charge < -0.3 is 20.3 Å². The molecule has 6 heteroatoms. The first-order valence-corrected chi connectivity index (χ1v) is 8.29. The largest absolute Gasteiger partial charge is 0.393 e. The highest BCUT2D eigenvalue weighted by molar-refractivity contribution is 5.90. The molecule has 3 N–H and O–H groups in total. The second-order valence-corrected chi connectivity index (χ2v) is 6.05. The summed E-state index contributed by atoms with van der Waals surface area (Å²) in [5.41, 5.74) is 1.36. The monoisotopic (exact) mass is 309 g/mol. The van der Waals surface area contributed by atoms with E-state index >= 15 is 0 Å². The molecule has 1 saturated carbocycles. The molecule has 1 aromatic rings. The molecule has 0 bridgehead atoms. The van der Waals surface area contributed by atoms with Crippen LogP contribution >= 0.6 is 0 Å². The Morgan fingerprint density at radius 1 is 1.41 bits per heavy atom. The highest BCUT2D eigenvalue weighted by Crippen LogP contribution is 2.27. The van der Waals surface area contributed by atoms with Crippen LogP contribution in [0.15, 0.2) is 4.52 Å². The summed E-state index contributed by atoms with van der Waals surface area (Å²) >= 11 is 0. The molecule has 1 heterocycles. The molecule has 2 rings (SSSR count). The molecule has 124 valence electrons. The molecule has 0 aliphatic heterocycles. The first-order valence-electron chi connectivity index (χ1n) is 8.29. The summed E-state index contributed by atoms with van der Waals surface area (Å²) in [5.74, 6) is 1.09. The van der Waals surface area contributed by atoms with Crippen molar-refractivity contribution >= 4 is 11.7 Å². The molecule has 1 fully saturated rings. The van der Waals surface area contributed by atoms with Crippen LogP contribution in [-0.4, -0.2) is 28.9 Å². The van der Waals surface area contributed by atoms with Crippen LogP contribution in [0.25, 0.3) is 0 Å². The Labute approximate surface area is 131 Å². The number of carbonyl (C=O) groups excluding carboxylic acids is 1. The van der Waals surface area contributed by atoms with Crippen molar-refractivity contribution in [2.24, 2.45) is 5.92 Å². The van der Waals surface area contributed by atoms with E-state index in [-0.39, 0.29) is 12.1 Å². The lowest BCUT2D eigenvalue weighted by Gasteiger charge is -2.27. The summed E-state index contributed by atoms with van der Waals surface area (Å²) in [6.45, 7) is 4.38. The van der Waals surface area contributed by atoms with Crippen molar-refractivity contribution in [3.63, 3.8) is 0 Å². The van der Waals surface area contributed by atoms with E-state index < -0.39 is 0 Å². The third-order valence-corrected chi connectivity index (χ3v) is 4.40. The van der Waals surface area contributed by atoms with Gasteiger partial charge in [0.15, 0.2) is 5.76 Å². The van der Waals surface area contributed by atoms with Crippen LogP contribution < -0.4 is 10.6 Å². The maximum absolute atomic E-state index is 11.9. The number of carbonyl (C=O) groups is 1. The number of rotatable bonds is 6. The Morgan fingerprint density at radius 3 is 2.91 bits per heavy atom. The Hall–Kier alpha value is -1.56. The number of aliphatic hydroxyl groups is 1. The van der Waals surface area contributed by atoms with Crippen molar-refractivity contribution in [1.29, 1.82) is 0 Å². The van der Waals surface area contributed by atoms with Gasteiger partial charge in [0.2, 0.25) is 0 Å². The lowest BCUT2D eigenvalue weighted by molar-refractivity contribution is 0.0644. The maximum Gasteiger partial charge on any atom is 0.319 e. The van der Waals surface area contributed by atoms with E-state index in [0.717, 1.165) is 32.1 Å². The van der Waals surface area contributed by atoms with Crippen LogP contribution in [0.3, 0.4) is 0 Å². The predicted octanol–water partition coefficient (Wildman–Crippen LogP) is 3.00. The van der Waals surface area contributed by atoms with E-state index in [9.17, 15) is 9.90 Å². The fourth-order valence-electron chi connectivity index (χ4n) is 3.07. The molecule has 1 aromatic heterocycles. The first kappa shape index (κ1) is 16.8. The van der Waals surface area contributed by atoms with Crippen LogP contribution in [-0.2, 0) is 6.42 Å². The zero-order valence-corrected chi connectivity index (χ0v) is 13.5. The molecule has 2 amide bonds. The number of hydrogen-bond donors (Lipinski definition) is 3. The van der Waals surface area contributed by atoms with Crippen molar-refractivity contribution in [2.45, 2.75) is 64.9 Å². The van der Waals surface area contributed by atoms with E-state index in [1.165, 1.54) is 6.42 Å². The number of hydrogen-bond acceptors (Lipinski definition) is 4. The van der Waals surface area contributed by atoms with Crippen LogP contribution in [0.2, 0.25) is 0 Å². The Bertz CT molecular complexity index is 487. The predicted molar refractivity (Wildman–Crippen MR) is 84.8 cm³/mol. The van der Waals surface area contributed by atoms with Gasteiger partial charge in [0.25, 0.3) is 0 Å². The lowest BCUT2D eigenvalue weighted by atomic mass is 9.83. The van der Waals surface area contributed by atoms with E-state index in [1.807, 2.05) is 13.8 Å². The number of nitrogens with one attached hydrogen (secondary N) is 2. The number of nitrogens with zero attached hydrogens (tertiary/aromatic N) is 1. The minimum atomic E-state index is -0.231. The van der Waals surface area contributed by atoms with Crippen molar-refractivity contribution < 1.29 is 14.4 Å². The van der Waals surface area contributed by atoms with Gasteiger partial charge >= 0.3 is 6.03 Å². The molecular weight excluding hydrogens is 282 g/mol. The van der Waals surface area contributed by atoms with Crippen LogP contribution in [0, 0.1) is 12.8 Å². The van der Waals surface area contributed by atoms with Gasteiger partial charge in [-0.3, -0.25) is 0 Å². The Kier molecular flexibility index (Phi) is 6.24. The molecule has 1 aliphatic rings. The second-order valence-electron chi connectivity index (χ2n) is 6.05. The zero-order valence-electron chi connectivity index (χ0n) is 13.5. The van der Waals surface area contributed by atoms with Gasteiger partial charge in [-0.2, -0.15) is 0 Å². The first-order chi connectivity index (χ1) is 10.6. The third kappa shape index (κ3) is 4.47. The van der Waals surface area contributed by atoms with Gasteiger partial charge in [0.1, 0.15) is 11.4 Å². The van der Waals surface area contributed by atoms with Gasteiger partial charge in [-0.15, -0.1) is 0 Å². The molecule has 0 spiro atoms. The standard InChI is InChI=1S/C16H27N3O3/c1-3-14-15(11(2)19-22-14)18-16(21)17-10-6-8-12-7-4-5-9-13(12)20/h12-13,20H,3-10H2,1-2H3,(H2,17,18,21). The maximum atomic E-state index is 11.9. The van der Waals surface area contributed by atoms with Crippen molar-refractivity contribution in [3.8, 4) is 0 Å². The molecule has 0 aromatic carbocycles. The minimum absolute atomic E-state index is 0.158. The molecule has 0 radical (unpaired) electrons. The number of aliphatic hydroxyl groups excluding tert-OH is 1. The lowest BCUT2D eigenvalue weighted by Crippen LogP contribution is -2.31. The Balaban J connectivity index is 1.68. The summed E-state index contributed by atoms with van der Waals surface area (Å²) in [4.78, 5) is 11.9. The van der Waals surface area contributed by atoms with Crippen molar-refractivity contribution in [2.75, 3.05) is 11.9 Å². The van der Waals surface area contributed by atoms with E-state index in [0.29, 0.717) is 36.0 Å². The average molecular weight is 309 g/mol. The van der Waals surface area contributed by atoms with Gasteiger partial charge in [-0.1, -0.05) is 24.9 Å². The fourth-order valence-corrected chi connectivity index (χ4v) is 3.07. The minimum Gasteiger partial charge on any atom is -0.393 e. The van der Waals surface area contributed by atoms with E-state index in [1.54, 1.807) is 0 Å². The average Bonchev–Trinajstić information content (AvgIpc) is 2.86. The molecule has 2 unspecified atom stereocenters. The highest BCUT2D eigenvalue weighted by Gasteiger charge is 2.22. The molecular formula is C16H27N3O3. The summed E-state index contributed by atoms with van der Waals surface area (Å²) in [6, 6.07) is -0.231. The molecule has 6 nitrogen and oxygen atoms in total. The van der Waals surface area contributed by atoms with Gasteiger partial charge in [0.05, 0.1) is 6.10 Å². The topological polar surface area (TPSA) is 87.4 Å². The van der Waals surface area contributed by atoms with Crippen molar-refractivity contribution in [3.05, 3.63) is 11.5 Å². The summed E-state index contributed by atoms with van der Waals surface area (Å²) in [6.07, 6.45) is 6.76. The van der Waals surface area contributed by atoms with E-state index in [2.05, 4.69) is 15.8 Å². The SMILES string of the molecule is CCc1onc(C)c1NC(=O)NCCCC1CCCCC1O. The van der Waals surface area contributed by atoms with Crippen LogP contribution in [0.5, 0.6) is 0 Å². The van der Waals surface area contributed by atoms with E-state index in [4.69, 9.17) is 4.52 Å². The third-order valence-electron chi connectivity index (χ3n) is 4.40. The molecule has 0 saturated heterocycles. The van der Waals surface area contributed by atoms with Crippen LogP contribution in [0.1, 0.15) is 56.9 Å². The normalized spacial score (nSPS) is 21.6. The Morgan fingerprint density at radius 2 is 2.18 bits per heavy atom. The number of urea groups is 1. The van der Waals surface area contributed by atoms with Gasteiger partial charge in [0, 0.05) is 13.0 Å². The number of amides is 2. The molecule has 1 aliphatic carbocycles. The highest BCUT2D eigenvalue weighted by atomic mass is 16.5. The van der Waals surface area contributed by atoms with Gasteiger partial charge in [-0.05, 0) is 38.5 Å². The zero-order chi connectivity index (χ0) is 15.9. The molecule has 22 heavy (non-hydrogen) atoms. The second kappa shape index (κ2) is 8.17. The van der Waals surface area contributed by atoms with Crippen LogP contribution in [0.4, 0.5) is 10.5 Å². The number of aryl methyl sites for hydroxylation is 2. The fraction of sp³-hybridized carbons (Fsp3) is 0.750. The number of anilines is 1. The quantitative estimate of drug-likeness (QED) is 0.705. The van der Waals surface area contributed by atoms with Gasteiger partial charge in [-0.25, -0.2) is 4.79 Å².